The quantitative estimate of drug-likeness (QED) is 0.739. The van der Waals surface area contributed by atoms with Gasteiger partial charge in [-0.15, -0.1) is 0 Å². The minimum atomic E-state index is -0.547. The highest BCUT2D eigenvalue weighted by Crippen LogP contribution is 2.38. The molecular weight excluding hydrogens is 353 g/mol. The summed E-state index contributed by atoms with van der Waals surface area (Å²) in [6.07, 6.45) is 2.55. The molecule has 1 saturated heterocycles. The lowest BCUT2D eigenvalue weighted by molar-refractivity contribution is 0.00578. The molecule has 1 heterocycles. The van der Waals surface area contributed by atoms with Gasteiger partial charge in [0, 0.05) is 6.54 Å². The highest BCUT2D eigenvalue weighted by atomic mass is 16.7. The van der Waals surface area contributed by atoms with Gasteiger partial charge in [0.2, 0.25) is 0 Å². The van der Waals surface area contributed by atoms with Crippen LogP contribution in [0.4, 0.5) is 4.79 Å². The average Bonchev–Trinajstić information content (AvgIpc) is 2.78. The van der Waals surface area contributed by atoms with E-state index in [0.29, 0.717) is 0 Å². The molecule has 1 fully saturated rings. The molecular formula is C22H34BNO4. The second-order valence-electron chi connectivity index (χ2n) is 9.26. The Bertz CT molecular complexity index is 701. The van der Waals surface area contributed by atoms with Gasteiger partial charge in [0.15, 0.2) is 0 Å². The van der Waals surface area contributed by atoms with Crippen LogP contribution in [0.15, 0.2) is 29.7 Å². The van der Waals surface area contributed by atoms with E-state index in [1.54, 1.807) is 0 Å². The van der Waals surface area contributed by atoms with Crippen LogP contribution < -0.4 is 5.32 Å². The number of carbonyl (C=O) groups excluding carboxylic acids is 1. The predicted molar refractivity (Wildman–Crippen MR) is 114 cm³/mol. The van der Waals surface area contributed by atoms with Gasteiger partial charge in [-0.05, 0) is 71.5 Å². The smallest absolute Gasteiger partial charge is 0.444 e. The van der Waals surface area contributed by atoms with Crippen LogP contribution >= 0.6 is 0 Å². The number of benzene rings is 1. The Balaban J connectivity index is 2.23. The van der Waals surface area contributed by atoms with Gasteiger partial charge >= 0.3 is 13.2 Å². The predicted octanol–water partition coefficient (Wildman–Crippen LogP) is 4.79. The van der Waals surface area contributed by atoms with E-state index < -0.39 is 30.0 Å². The highest BCUT2D eigenvalue weighted by molar-refractivity contribution is 6.56. The number of alkyl carbamates (subject to hydrolysis) is 1. The van der Waals surface area contributed by atoms with E-state index in [4.69, 9.17) is 14.0 Å². The van der Waals surface area contributed by atoms with E-state index >= 15 is 0 Å². The van der Waals surface area contributed by atoms with Gasteiger partial charge in [0.25, 0.3) is 0 Å². The fourth-order valence-electron chi connectivity index (χ4n) is 2.75. The fourth-order valence-corrected chi connectivity index (χ4v) is 2.75. The van der Waals surface area contributed by atoms with Gasteiger partial charge in [-0.2, -0.15) is 0 Å². The molecule has 28 heavy (non-hydrogen) atoms. The molecule has 2 rings (SSSR count). The number of hydrogen-bond acceptors (Lipinski definition) is 4. The molecule has 0 spiro atoms. The molecule has 5 nitrogen and oxygen atoms in total. The van der Waals surface area contributed by atoms with Gasteiger partial charge in [-0.3, -0.25) is 0 Å². The van der Waals surface area contributed by atoms with Crippen molar-refractivity contribution in [2.24, 2.45) is 0 Å². The lowest BCUT2D eigenvalue weighted by atomic mass is 9.77. The first-order valence-corrected chi connectivity index (χ1v) is 9.95. The van der Waals surface area contributed by atoms with E-state index in [-0.39, 0.29) is 6.54 Å². The third-order valence-corrected chi connectivity index (χ3v) is 5.13. The maximum absolute atomic E-state index is 12.1. The molecule has 1 aliphatic heterocycles. The third-order valence-electron chi connectivity index (χ3n) is 5.13. The Morgan fingerprint density at radius 2 is 1.64 bits per heavy atom. The first kappa shape index (κ1) is 22.5. The number of hydrogen-bond donors (Lipinski definition) is 1. The van der Waals surface area contributed by atoms with Crippen molar-refractivity contribution in [3.05, 3.63) is 40.9 Å². The zero-order valence-electron chi connectivity index (χ0n) is 18.5. The molecule has 0 radical (unpaired) electrons. The molecule has 1 aliphatic rings. The van der Waals surface area contributed by atoms with E-state index in [2.05, 4.69) is 36.5 Å². The monoisotopic (exact) mass is 387 g/mol. The molecule has 0 aliphatic carbocycles. The summed E-state index contributed by atoms with van der Waals surface area (Å²) in [7, 11) is -0.536. The average molecular weight is 387 g/mol. The van der Waals surface area contributed by atoms with Gasteiger partial charge in [0.1, 0.15) is 5.60 Å². The number of carbonyl (C=O) groups is 1. The van der Waals surface area contributed by atoms with E-state index in [9.17, 15) is 4.79 Å². The van der Waals surface area contributed by atoms with Crippen LogP contribution in [0.2, 0.25) is 0 Å². The number of aryl methyl sites for hydroxylation is 1. The Kier molecular flexibility index (Phi) is 6.67. The topological polar surface area (TPSA) is 56.8 Å². The second-order valence-corrected chi connectivity index (χ2v) is 9.26. The molecule has 0 saturated carbocycles. The summed E-state index contributed by atoms with van der Waals surface area (Å²) in [6.45, 7) is 16.0. The number of amides is 1. The van der Waals surface area contributed by atoms with Crippen molar-refractivity contribution in [2.45, 2.75) is 78.6 Å². The molecule has 154 valence electrons. The van der Waals surface area contributed by atoms with Gasteiger partial charge in [-0.1, -0.05) is 37.3 Å². The van der Waals surface area contributed by atoms with Crippen molar-refractivity contribution in [3.8, 4) is 0 Å². The van der Waals surface area contributed by atoms with Crippen molar-refractivity contribution >= 4 is 19.3 Å². The molecule has 1 aromatic rings. The van der Waals surface area contributed by atoms with Gasteiger partial charge in [-0.25, -0.2) is 4.79 Å². The Hall–Kier alpha value is -1.79. The summed E-state index contributed by atoms with van der Waals surface area (Å²) in [5.41, 5.74) is 1.71. The summed E-state index contributed by atoms with van der Waals surface area (Å²) in [5, 5.41) is 2.82. The van der Waals surface area contributed by atoms with E-state index in [1.807, 2.05) is 54.5 Å². The van der Waals surface area contributed by atoms with Gasteiger partial charge in [0.05, 0.1) is 11.2 Å². The Labute approximate surface area is 170 Å². The molecule has 1 N–H and O–H groups in total. The third kappa shape index (κ3) is 5.85. The number of ether oxygens (including phenoxy) is 1. The summed E-state index contributed by atoms with van der Waals surface area (Å²) >= 11 is 0. The minimum absolute atomic E-state index is 0.279. The molecule has 0 bridgehead atoms. The molecule has 6 heteroatoms. The summed E-state index contributed by atoms with van der Waals surface area (Å²) in [4.78, 5) is 12.1. The van der Waals surface area contributed by atoms with Crippen LogP contribution in [0, 0.1) is 0 Å². The number of nitrogens with one attached hydrogen (secondary N) is 1. The first-order chi connectivity index (χ1) is 12.8. The van der Waals surface area contributed by atoms with Crippen molar-refractivity contribution in [2.75, 3.05) is 6.54 Å². The van der Waals surface area contributed by atoms with Crippen LogP contribution in [0.5, 0.6) is 0 Å². The zero-order valence-corrected chi connectivity index (χ0v) is 18.5. The van der Waals surface area contributed by atoms with Crippen LogP contribution in [0.1, 0.15) is 66.5 Å². The Morgan fingerprint density at radius 1 is 1.11 bits per heavy atom. The number of rotatable bonds is 5. The van der Waals surface area contributed by atoms with Gasteiger partial charge < -0.3 is 19.4 Å². The second kappa shape index (κ2) is 8.30. The fraction of sp³-hybridized carbons (Fsp3) is 0.591. The zero-order chi connectivity index (χ0) is 21.2. The molecule has 1 aromatic carbocycles. The highest BCUT2D eigenvalue weighted by Gasteiger charge is 2.52. The maximum atomic E-state index is 12.1. The van der Waals surface area contributed by atoms with E-state index in [0.717, 1.165) is 17.5 Å². The van der Waals surface area contributed by atoms with Crippen molar-refractivity contribution in [1.29, 1.82) is 0 Å². The normalized spacial score (nSPS) is 18.9. The van der Waals surface area contributed by atoms with Crippen LogP contribution in [-0.4, -0.2) is 36.6 Å². The van der Waals surface area contributed by atoms with Crippen molar-refractivity contribution < 1.29 is 18.8 Å². The van der Waals surface area contributed by atoms with E-state index in [1.165, 1.54) is 5.56 Å². The SMILES string of the molecule is CCc1ccc(C=C(CNC(=O)OC(C)(C)C)B2OC(C)(C)C(C)(C)O2)cc1. The molecule has 0 atom stereocenters. The minimum Gasteiger partial charge on any atom is -0.444 e. The van der Waals surface area contributed by atoms with Crippen molar-refractivity contribution in [3.63, 3.8) is 0 Å². The molecule has 1 amide bonds. The lowest BCUT2D eigenvalue weighted by Gasteiger charge is -2.32. The maximum Gasteiger partial charge on any atom is 0.492 e. The summed E-state index contributed by atoms with van der Waals surface area (Å²) < 4.78 is 17.7. The standard InChI is InChI=1S/C22H34BNO4/c1-9-16-10-12-17(13-11-16)14-18(15-24-19(25)26-20(2,3)4)23-27-21(5,6)22(7,8)28-23/h10-14H,9,15H2,1-8H3,(H,24,25). The Morgan fingerprint density at radius 3 is 2.11 bits per heavy atom. The van der Waals surface area contributed by atoms with Crippen molar-refractivity contribution in [1.82, 2.24) is 5.32 Å². The summed E-state index contributed by atoms with van der Waals surface area (Å²) in [6, 6.07) is 8.35. The largest absolute Gasteiger partial charge is 0.492 e. The lowest BCUT2D eigenvalue weighted by Crippen LogP contribution is -2.41. The van der Waals surface area contributed by atoms with Crippen LogP contribution in [-0.2, 0) is 20.5 Å². The summed E-state index contributed by atoms with van der Waals surface area (Å²) in [5.74, 6) is 0. The molecule has 0 unspecified atom stereocenters. The van der Waals surface area contributed by atoms with Crippen LogP contribution in [0.25, 0.3) is 6.08 Å². The van der Waals surface area contributed by atoms with Crippen LogP contribution in [0.3, 0.4) is 0 Å². The first-order valence-electron chi connectivity index (χ1n) is 9.95. The molecule has 0 aromatic heterocycles.